The number of methoxy groups -OCH3 is 1. The van der Waals surface area contributed by atoms with E-state index in [1.165, 1.54) is 11.1 Å². The van der Waals surface area contributed by atoms with E-state index in [-0.39, 0.29) is 0 Å². The molecule has 0 radical (unpaired) electrons. The second-order valence-electron chi connectivity index (χ2n) is 4.64. The molecule has 2 nitrogen and oxygen atoms in total. The van der Waals surface area contributed by atoms with Crippen molar-refractivity contribution in [2.45, 2.75) is 20.0 Å². The Hall–Kier alpha value is -1.80. The van der Waals surface area contributed by atoms with Gasteiger partial charge in [0.15, 0.2) is 0 Å². The first-order valence-electron chi connectivity index (χ1n) is 6.71. The van der Waals surface area contributed by atoms with Gasteiger partial charge in [0.1, 0.15) is 5.75 Å². The number of rotatable bonds is 6. The van der Waals surface area contributed by atoms with E-state index in [1.54, 1.807) is 7.11 Å². The van der Waals surface area contributed by atoms with Gasteiger partial charge < -0.3 is 4.74 Å². The molecule has 0 heterocycles. The summed E-state index contributed by atoms with van der Waals surface area (Å²) in [4.78, 5) is 2.42. The Morgan fingerprint density at radius 3 is 2.26 bits per heavy atom. The third-order valence-electron chi connectivity index (χ3n) is 3.24. The van der Waals surface area contributed by atoms with Crippen molar-refractivity contribution in [3.63, 3.8) is 0 Å². The lowest BCUT2D eigenvalue weighted by atomic mass is 10.1. The molecule has 0 amide bonds. The fraction of sp³-hybridized carbons (Fsp3) is 0.294. The SMILES string of the molecule is CCN(Cc1ccccc1)Cc1cccc(OC)c1. The molecular formula is C17H21NO. The van der Waals surface area contributed by atoms with E-state index in [4.69, 9.17) is 4.74 Å². The van der Waals surface area contributed by atoms with Crippen LogP contribution in [-0.2, 0) is 13.1 Å². The average Bonchev–Trinajstić information content (AvgIpc) is 2.48. The summed E-state index contributed by atoms with van der Waals surface area (Å²) in [6.07, 6.45) is 0. The van der Waals surface area contributed by atoms with E-state index in [0.29, 0.717) is 0 Å². The van der Waals surface area contributed by atoms with Crippen LogP contribution in [0.3, 0.4) is 0 Å². The van der Waals surface area contributed by atoms with Crippen LogP contribution in [0.25, 0.3) is 0 Å². The van der Waals surface area contributed by atoms with Gasteiger partial charge in [-0.25, -0.2) is 0 Å². The van der Waals surface area contributed by atoms with Gasteiger partial charge in [-0.2, -0.15) is 0 Å². The van der Waals surface area contributed by atoms with Crippen molar-refractivity contribution in [2.75, 3.05) is 13.7 Å². The zero-order valence-corrected chi connectivity index (χ0v) is 11.7. The van der Waals surface area contributed by atoms with Gasteiger partial charge in [0.25, 0.3) is 0 Å². The summed E-state index contributed by atoms with van der Waals surface area (Å²) >= 11 is 0. The molecule has 0 atom stereocenters. The summed E-state index contributed by atoms with van der Waals surface area (Å²) in [5.74, 6) is 0.924. The molecule has 2 heteroatoms. The number of hydrogen-bond donors (Lipinski definition) is 0. The van der Waals surface area contributed by atoms with Crippen molar-refractivity contribution in [3.8, 4) is 5.75 Å². The fourth-order valence-electron chi connectivity index (χ4n) is 2.15. The second-order valence-corrected chi connectivity index (χ2v) is 4.64. The topological polar surface area (TPSA) is 12.5 Å². The molecule has 0 fully saturated rings. The van der Waals surface area contributed by atoms with E-state index < -0.39 is 0 Å². The van der Waals surface area contributed by atoms with Crippen LogP contribution >= 0.6 is 0 Å². The van der Waals surface area contributed by atoms with Crippen molar-refractivity contribution in [3.05, 3.63) is 65.7 Å². The highest BCUT2D eigenvalue weighted by molar-refractivity contribution is 5.28. The van der Waals surface area contributed by atoms with E-state index >= 15 is 0 Å². The smallest absolute Gasteiger partial charge is 0.119 e. The summed E-state index contributed by atoms with van der Waals surface area (Å²) in [6.45, 7) is 5.16. The molecule has 0 aromatic heterocycles. The predicted octanol–water partition coefficient (Wildman–Crippen LogP) is 3.72. The monoisotopic (exact) mass is 255 g/mol. The van der Waals surface area contributed by atoms with Gasteiger partial charge in [-0.15, -0.1) is 0 Å². The Balaban J connectivity index is 2.02. The Bertz CT molecular complexity index is 496. The average molecular weight is 255 g/mol. The lowest BCUT2D eigenvalue weighted by Gasteiger charge is -2.20. The Labute approximate surface area is 115 Å². The summed E-state index contributed by atoms with van der Waals surface area (Å²) in [5.41, 5.74) is 2.64. The number of hydrogen-bond acceptors (Lipinski definition) is 2. The molecule has 2 aromatic rings. The first-order chi connectivity index (χ1) is 9.31. The van der Waals surface area contributed by atoms with Crippen molar-refractivity contribution < 1.29 is 4.74 Å². The Kier molecular flexibility index (Phi) is 4.99. The van der Waals surface area contributed by atoms with Crippen molar-refractivity contribution in [1.82, 2.24) is 4.90 Å². The van der Waals surface area contributed by atoms with Crippen LogP contribution in [0.1, 0.15) is 18.1 Å². The van der Waals surface area contributed by atoms with Crippen molar-refractivity contribution >= 4 is 0 Å². The van der Waals surface area contributed by atoms with Gasteiger partial charge in [-0.1, -0.05) is 49.4 Å². The minimum absolute atomic E-state index is 0.924. The highest BCUT2D eigenvalue weighted by Gasteiger charge is 2.05. The Morgan fingerprint density at radius 2 is 1.58 bits per heavy atom. The van der Waals surface area contributed by atoms with Crippen LogP contribution in [0.15, 0.2) is 54.6 Å². The maximum absolute atomic E-state index is 5.27. The van der Waals surface area contributed by atoms with Gasteiger partial charge in [0.05, 0.1) is 7.11 Å². The first kappa shape index (κ1) is 13.6. The van der Waals surface area contributed by atoms with Crippen molar-refractivity contribution in [1.29, 1.82) is 0 Å². The molecule has 0 saturated carbocycles. The van der Waals surface area contributed by atoms with Crippen LogP contribution in [0, 0.1) is 0 Å². The van der Waals surface area contributed by atoms with Gasteiger partial charge in [0, 0.05) is 13.1 Å². The second kappa shape index (κ2) is 6.95. The summed E-state index contributed by atoms with van der Waals surface area (Å²) < 4.78 is 5.27. The van der Waals surface area contributed by atoms with E-state index in [2.05, 4.69) is 54.3 Å². The van der Waals surface area contributed by atoms with Crippen LogP contribution in [0.2, 0.25) is 0 Å². The van der Waals surface area contributed by atoms with Crippen LogP contribution in [0.5, 0.6) is 5.75 Å². The molecule has 0 unspecified atom stereocenters. The number of nitrogens with zero attached hydrogens (tertiary/aromatic N) is 1. The molecule has 0 aliphatic heterocycles. The quantitative estimate of drug-likeness (QED) is 0.780. The van der Waals surface area contributed by atoms with Gasteiger partial charge in [-0.3, -0.25) is 4.90 Å². The third kappa shape index (κ3) is 4.11. The molecule has 100 valence electrons. The zero-order chi connectivity index (χ0) is 13.5. The molecule has 2 aromatic carbocycles. The number of ether oxygens (including phenoxy) is 1. The van der Waals surface area contributed by atoms with Gasteiger partial charge in [-0.05, 0) is 29.8 Å². The van der Waals surface area contributed by atoms with E-state index in [9.17, 15) is 0 Å². The molecular weight excluding hydrogens is 234 g/mol. The standard InChI is InChI=1S/C17H21NO/c1-3-18(13-15-8-5-4-6-9-15)14-16-10-7-11-17(12-16)19-2/h4-12H,3,13-14H2,1-2H3. The lowest BCUT2D eigenvalue weighted by molar-refractivity contribution is 0.271. The first-order valence-corrected chi connectivity index (χ1v) is 6.71. The highest BCUT2D eigenvalue weighted by atomic mass is 16.5. The molecule has 0 spiro atoms. The molecule has 19 heavy (non-hydrogen) atoms. The van der Waals surface area contributed by atoms with Gasteiger partial charge >= 0.3 is 0 Å². The van der Waals surface area contributed by atoms with E-state index in [0.717, 1.165) is 25.4 Å². The zero-order valence-electron chi connectivity index (χ0n) is 11.7. The fourth-order valence-corrected chi connectivity index (χ4v) is 2.15. The highest BCUT2D eigenvalue weighted by Crippen LogP contribution is 2.15. The maximum atomic E-state index is 5.27. The van der Waals surface area contributed by atoms with Crippen molar-refractivity contribution in [2.24, 2.45) is 0 Å². The summed E-state index contributed by atoms with van der Waals surface area (Å²) in [5, 5.41) is 0. The maximum Gasteiger partial charge on any atom is 0.119 e. The molecule has 0 bridgehead atoms. The summed E-state index contributed by atoms with van der Waals surface area (Å²) in [6, 6.07) is 18.9. The van der Waals surface area contributed by atoms with E-state index in [1.807, 2.05) is 12.1 Å². The largest absolute Gasteiger partial charge is 0.497 e. The van der Waals surface area contributed by atoms with Crippen LogP contribution in [-0.4, -0.2) is 18.6 Å². The number of benzene rings is 2. The van der Waals surface area contributed by atoms with Crippen LogP contribution < -0.4 is 4.74 Å². The minimum atomic E-state index is 0.924. The lowest BCUT2D eigenvalue weighted by Crippen LogP contribution is -2.22. The predicted molar refractivity (Wildman–Crippen MR) is 79.2 cm³/mol. The molecule has 0 aliphatic carbocycles. The minimum Gasteiger partial charge on any atom is -0.497 e. The summed E-state index contributed by atoms with van der Waals surface area (Å²) in [7, 11) is 1.71. The molecule has 0 aliphatic rings. The Morgan fingerprint density at radius 1 is 0.895 bits per heavy atom. The molecule has 0 saturated heterocycles. The molecule has 0 N–H and O–H groups in total. The molecule has 2 rings (SSSR count). The third-order valence-corrected chi connectivity index (χ3v) is 3.24. The normalized spacial score (nSPS) is 10.7. The van der Waals surface area contributed by atoms with Crippen LogP contribution in [0.4, 0.5) is 0 Å². The van der Waals surface area contributed by atoms with Gasteiger partial charge in [0.2, 0.25) is 0 Å².